The number of ether oxygens (including phenoxy) is 2. The lowest BCUT2D eigenvalue weighted by molar-refractivity contribution is 0.187. The molecule has 0 saturated heterocycles. The van der Waals surface area contributed by atoms with Gasteiger partial charge in [-0.1, -0.05) is 12.1 Å². The number of methoxy groups -OCH3 is 2. The molecule has 0 spiro atoms. The van der Waals surface area contributed by atoms with E-state index in [1.54, 1.807) is 14.2 Å². The van der Waals surface area contributed by atoms with Gasteiger partial charge < -0.3 is 20.1 Å². The molecule has 0 aromatic heterocycles. The minimum absolute atomic E-state index is 0.200. The average Bonchev–Trinajstić information content (AvgIpc) is 2.39. The summed E-state index contributed by atoms with van der Waals surface area (Å²) in [5.74, 6) is 0.898. The number of benzene rings is 1. The number of likely N-dealkylation sites (N-methyl/N-ethyl adjacent to an activating group) is 1. The van der Waals surface area contributed by atoms with Crippen LogP contribution in [-0.2, 0) is 11.3 Å². The Morgan fingerprint density at radius 2 is 2.11 bits per heavy atom. The molecule has 0 bridgehead atoms. The fourth-order valence-electron chi connectivity index (χ4n) is 2.13. The highest BCUT2D eigenvalue weighted by Crippen LogP contribution is 2.14. The van der Waals surface area contributed by atoms with E-state index in [0.717, 1.165) is 38.3 Å². The van der Waals surface area contributed by atoms with Crippen molar-refractivity contribution in [1.29, 1.82) is 0 Å². The maximum atomic E-state index is 6.10. The number of rotatable bonds is 9. The van der Waals surface area contributed by atoms with Gasteiger partial charge in [0.2, 0.25) is 0 Å². The fraction of sp³-hybridized carbons (Fsp3) is 0.600. The van der Waals surface area contributed by atoms with Gasteiger partial charge in [0.05, 0.1) is 7.11 Å². The van der Waals surface area contributed by atoms with Gasteiger partial charge in [-0.25, -0.2) is 0 Å². The minimum Gasteiger partial charge on any atom is -0.497 e. The molecule has 0 heterocycles. The molecule has 0 fully saturated rings. The fourth-order valence-corrected chi connectivity index (χ4v) is 2.13. The molecule has 1 unspecified atom stereocenters. The summed E-state index contributed by atoms with van der Waals surface area (Å²) in [5.41, 5.74) is 7.34. The SMILES string of the molecule is COCCCC(N)CN(C)Cc1cccc(OC)c1. The highest BCUT2D eigenvalue weighted by atomic mass is 16.5. The van der Waals surface area contributed by atoms with Gasteiger partial charge in [0.1, 0.15) is 5.75 Å². The smallest absolute Gasteiger partial charge is 0.119 e. The Morgan fingerprint density at radius 3 is 2.79 bits per heavy atom. The Bertz CT molecular complexity index is 358. The Balaban J connectivity index is 2.35. The van der Waals surface area contributed by atoms with Gasteiger partial charge in [0.15, 0.2) is 0 Å². The average molecular weight is 266 g/mol. The first-order chi connectivity index (χ1) is 9.15. The number of hydrogen-bond donors (Lipinski definition) is 1. The van der Waals surface area contributed by atoms with Crippen LogP contribution in [-0.4, -0.2) is 45.4 Å². The monoisotopic (exact) mass is 266 g/mol. The van der Waals surface area contributed by atoms with E-state index in [0.29, 0.717) is 0 Å². The normalized spacial score (nSPS) is 12.7. The van der Waals surface area contributed by atoms with E-state index >= 15 is 0 Å². The second-order valence-electron chi connectivity index (χ2n) is 4.94. The van der Waals surface area contributed by atoms with Crippen LogP contribution in [0.1, 0.15) is 18.4 Å². The quantitative estimate of drug-likeness (QED) is 0.693. The third-order valence-corrected chi connectivity index (χ3v) is 3.06. The van der Waals surface area contributed by atoms with E-state index < -0.39 is 0 Å². The van der Waals surface area contributed by atoms with E-state index in [9.17, 15) is 0 Å². The summed E-state index contributed by atoms with van der Waals surface area (Å²) in [5, 5.41) is 0. The van der Waals surface area contributed by atoms with Gasteiger partial charge in [-0.15, -0.1) is 0 Å². The summed E-state index contributed by atoms with van der Waals surface area (Å²) in [6.07, 6.45) is 2.01. The Labute approximate surface area is 116 Å². The van der Waals surface area contributed by atoms with Gasteiger partial charge in [0, 0.05) is 32.8 Å². The molecular weight excluding hydrogens is 240 g/mol. The van der Waals surface area contributed by atoms with Crippen molar-refractivity contribution in [3.05, 3.63) is 29.8 Å². The van der Waals surface area contributed by atoms with Crippen molar-refractivity contribution in [2.75, 3.05) is 34.4 Å². The highest BCUT2D eigenvalue weighted by molar-refractivity contribution is 5.28. The van der Waals surface area contributed by atoms with Crippen LogP contribution in [0, 0.1) is 0 Å². The molecule has 4 nitrogen and oxygen atoms in total. The molecule has 0 saturated carbocycles. The van der Waals surface area contributed by atoms with Crippen LogP contribution in [0.15, 0.2) is 24.3 Å². The lowest BCUT2D eigenvalue weighted by Gasteiger charge is -2.21. The second-order valence-corrected chi connectivity index (χ2v) is 4.94. The predicted octanol–water partition coefficient (Wildman–Crippen LogP) is 1.88. The number of hydrogen-bond acceptors (Lipinski definition) is 4. The molecule has 1 aromatic rings. The van der Waals surface area contributed by atoms with Crippen LogP contribution < -0.4 is 10.5 Å². The summed E-state index contributed by atoms with van der Waals surface area (Å²) < 4.78 is 10.3. The molecule has 2 N–H and O–H groups in total. The zero-order valence-corrected chi connectivity index (χ0v) is 12.3. The van der Waals surface area contributed by atoms with Crippen molar-refractivity contribution in [3.63, 3.8) is 0 Å². The molecule has 1 rings (SSSR count). The Morgan fingerprint density at radius 1 is 1.32 bits per heavy atom. The first-order valence-corrected chi connectivity index (χ1v) is 6.71. The van der Waals surface area contributed by atoms with Crippen molar-refractivity contribution in [2.24, 2.45) is 5.73 Å². The van der Waals surface area contributed by atoms with E-state index in [-0.39, 0.29) is 6.04 Å². The van der Waals surface area contributed by atoms with Crippen LogP contribution in [0.25, 0.3) is 0 Å². The summed E-state index contributed by atoms with van der Waals surface area (Å²) in [6.45, 7) is 2.56. The molecular formula is C15H26N2O2. The van der Waals surface area contributed by atoms with Gasteiger partial charge in [-0.3, -0.25) is 0 Å². The summed E-state index contributed by atoms with van der Waals surface area (Å²) >= 11 is 0. The molecule has 19 heavy (non-hydrogen) atoms. The second kappa shape index (κ2) is 8.91. The predicted molar refractivity (Wildman–Crippen MR) is 78.4 cm³/mol. The first-order valence-electron chi connectivity index (χ1n) is 6.71. The zero-order valence-electron chi connectivity index (χ0n) is 12.3. The van der Waals surface area contributed by atoms with Gasteiger partial charge in [0.25, 0.3) is 0 Å². The van der Waals surface area contributed by atoms with E-state index in [4.69, 9.17) is 15.2 Å². The lowest BCUT2D eigenvalue weighted by Crippen LogP contribution is -2.35. The molecule has 1 atom stereocenters. The van der Waals surface area contributed by atoms with Crippen molar-refractivity contribution in [3.8, 4) is 5.75 Å². The van der Waals surface area contributed by atoms with Gasteiger partial charge >= 0.3 is 0 Å². The van der Waals surface area contributed by atoms with E-state index in [1.165, 1.54) is 5.56 Å². The molecule has 1 aromatic carbocycles. The van der Waals surface area contributed by atoms with E-state index in [2.05, 4.69) is 24.1 Å². The topological polar surface area (TPSA) is 47.7 Å². The number of nitrogens with two attached hydrogens (primary N) is 1. The molecule has 0 amide bonds. The van der Waals surface area contributed by atoms with Crippen LogP contribution in [0.3, 0.4) is 0 Å². The maximum Gasteiger partial charge on any atom is 0.119 e. The van der Waals surface area contributed by atoms with Gasteiger partial charge in [-0.05, 0) is 37.6 Å². The molecule has 0 aliphatic rings. The largest absolute Gasteiger partial charge is 0.497 e. The first kappa shape index (κ1) is 16.0. The molecule has 0 radical (unpaired) electrons. The Hall–Kier alpha value is -1.10. The number of nitrogens with zero attached hydrogens (tertiary/aromatic N) is 1. The van der Waals surface area contributed by atoms with E-state index in [1.807, 2.05) is 12.1 Å². The molecule has 0 aliphatic carbocycles. The van der Waals surface area contributed by atoms with Crippen LogP contribution >= 0.6 is 0 Å². The standard InChI is InChI=1S/C15H26N2O2/c1-17(12-14(16)7-5-9-18-2)11-13-6-4-8-15(10-13)19-3/h4,6,8,10,14H,5,7,9,11-12,16H2,1-3H3. The summed E-state index contributed by atoms with van der Waals surface area (Å²) in [7, 11) is 5.50. The molecule has 0 aliphatic heterocycles. The van der Waals surface area contributed by atoms with Crippen molar-refractivity contribution < 1.29 is 9.47 Å². The van der Waals surface area contributed by atoms with Crippen molar-refractivity contribution >= 4 is 0 Å². The molecule has 108 valence electrons. The van der Waals surface area contributed by atoms with Gasteiger partial charge in [-0.2, -0.15) is 0 Å². The minimum atomic E-state index is 0.200. The zero-order chi connectivity index (χ0) is 14.1. The van der Waals surface area contributed by atoms with Crippen LogP contribution in [0.4, 0.5) is 0 Å². The third-order valence-electron chi connectivity index (χ3n) is 3.06. The molecule has 4 heteroatoms. The van der Waals surface area contributed by atoms with Crippen LogP contribution in [0.5, 0.6) is 5.75 Å². The van der Waals surface area contributed by atoms with Crippen molar-refractivity contribution in [1.82, 2.24) is 4.90 Å². The third kappa shape index (κ3) is 6.57. The van der Waals surface area contributed by atoms with Crippen molar-refractivity contribution in [2.45, 2.75) is 25.4 Å². The summed E-state index contributed by atoms with van der Waals surface area (Å²) in [6, 6.07) is 8.34. The lowest BCUT2D eigenvalue weighted by atomic mass is 10.1. The highest BCUT2D eigenvalue weighted by Gasteiger charge is 2.07. The Kier molecular flexibility index (Phi) is 7.48. The summed E-state index contributed by atoms with van der Waals surface area (Å²) in [4.78, 5) is 2.24. The maximum absolute atomic E-state index is 6.10. The van der Waals surface area contributed by atoms with Crippen LogP contribution in [0.2, 0.25) is 0 Å².